The summed E-state index contributed by atoms with van der Waals surface area (Å²) in [5.41, 5.74) is 2.78. The number of imidazole rings is 1. The monoisotopic (exact) mass is 240 g/mol. The minimum atomic E-state index is -0.249. The van der Waals surface area contributed by atoms with Gasteiger partial charge in [0.2, 0.25) is 0 Å². The lowest BCUT2D eigenvalue weighted by Crippen LogP contribution is -2.14. The Kier molecular flexibility index (Phi) is 2.23. The molecular weight excluding hydrogens is 228 g/mol. The summed E-state index contributed by atoms with van der Waals surface area (Å²) < 4.78 is 1.50. The SMILES string of the molecule is Cc1cccc2[nH]c(=O)n(-c3ccccc3O)c12. The zero-order valence-electron chi connectivity index (χ0n) is 9.84. The fourth-order valence-electron chi connectivity index (χ4n) is 2.21. The van der Waals surface area contributed by atoms with Crippen LogP contribution in [0.15, 0.2) is 47.3 Å². The molecule has 1 heterocycles. The van der Waals surface area contributed by atoms with Gasteiger partial charge in [-0.3, -0.25) is 4.57 Å². The third kappa shape index (κ3) is 1.43. The summed E-state index contributed by atoms with van der Waals surface area (Å²) in [5, 5.41) is 9.88. The highest BCUT2D eigenvalue weighted by atomic mass is 16.3. The smallest absolute Gasteiger partial charge is 0.331 e. The van der Waals surface area contributed by atoms with Crippen LogP contribution in [-0.2, 0) is 0 Å². The number of phenols is 1. The fraction of sp³-hybridized carbons (Fsp3) is 0.0714. The van der Waals surface area contributed by atoms with Gasteiger partial charge in [0.25, 0.3) is 0 Å². The van der Waals surface area contributed by atoms with E-state index >= 15 is 0 Å². The van der Waals surface area contributed by atoms with Crippen molar-refractivity contribution < 1.29 is 5.11 Å². The van der Waals surface area contributed by atoms with E-state index in [9.17, 15) is 9.90 Å². The fourth-order valence-corrected chi connectivity index (χ4v) is 2.21. The zero-order chi connectivity index (χ0) is 12.7. The molecular formula is C14H12N2O2. The Morgan fingerprint density at radius 2 is 1.89 bits per heavy atom. The van der Waals surface area contributed by atoms with Crippen LogP contribution in [0.5, 0.6) is 5.75 Å². The standard InChI is InChI=1S/C14H12N2O2/c1-9-5-4-6-10-13(9)16(14(18)15-10)11-7-2-3-8-12(11)17/h2-8,17H,1H3,(H,15,18). The van der Waals surface area contributed by atoms with Gasteiger partial charge in [-0.2, -0.15) is 0 Å². The molecule has 0 saturated carbocycles. The Hall–Kier alpha value is -2.49. The number of nitrogens with zero attached hydrogens (tertiary/aromatic N) is 1. The number of benzene rings is 2. The molecule has 18 heavy (non-hydrogen) atoms. The summed E-state index contributed by atoms with van der Waals surface area (Å²) in [4.78, 5) is 14.8. The lowest BCUT2D eigenvalue weighted by molar-refractivity contribution is 0.472. The highest BCUT2D eigenvalue weighted by Gasteiger charge is 2.12. The van der Waals surface area contributed by atoms with Crippen molar-refractivity contribution in [2.24, 2.45) is 0 Å². The molecule has 0 atom stereocenters. The summed E-state index contributed by atoms with van der Waals surface area (Å²) in [6.45, 7) is 1.94. The van der Waals surface area contributed by atoms with Gasteiger partial charge < -0.3 is 10.1 Å². The van der Waals surface area contributed by atoms with Gasteiger partial charge in [-0.05, 0) is 30.7 Å². The molecule has 0 bridgehead atoms. The molecule has 4 heteroatoms. The van der Waals surface area contributed by atoms with Crippen LogP contribution in [0, 0.1) is 6.92 Å². The summed E-state index contributed by atoms with van der Waals surface area (Å²) in [5.74, 6) is 0.0868. The van der Waals surface area contributed by atoms with Gasteiger partial charge in [0.15, 0.2) is 0 Å². The molecule has 0 spiro atoms. The van der Waals surface area contributed by atoms with E-state index < -0.39 is 0 Å². The number of phenolic OH excluding ortho intramolecular Hbond substituents is 1. The molecule has 0 saturated heterocycles. The highest BCUT2D eigenvalue weighted by molar-refractivity contribution is 5.81. The van der Waals surface area contributed by atoms with Gasteiger partial charge in [-0.1, -0.05) is 24.3 Å². The van der Waals surface area contributed by atoms with Crippen molar-refractivity contribution in [2.45, 2.75) is 6.92 Å². The van der Waals surface area contributed by atoms with Crippen LogP contribution in [0.1, 0.15) is 5.56 Å². The molecule has 0 fully saturated rings. The molecule has 0 aliphatic carbocycles. The number of H-pyrrole nitrogens is 1. The number of fused-ring (bicyclic) bond motifs is 1. The van der Waals surface area contributed by atoms with E-state index in [1.165, 1.54) is 4.57 Å². The quantitative estimate of drug-likeness (QED) is 0.685. The predicted molar refractivity (Wildman–Crippen MR) is 70.3 cm³/mol. The number of aromatic nitrogens is 2. The molecule has 0 radical (unpaired) electrons. The van der Waals surface area contributed by atoms with Crippen LogP contribution in [0.25, 0.3) is 16.7 Å². The van der Waals surface area contributed by atoms with E-state index in [1.54, 1.807) is 24.3 Å². The Bertz CT molecular complexity index is 784. The van der Waals surface area contributed by atoms with E-state index in [0.29, 0.717) is 5.69 Å². The van der Waals surface area contributed by atoms with E-state index in [2.05, 4.69) is 4.98 Å². The molecule has 0 amide bonds. The molecule has 90 valence electrons. The zero-order valence-corrected chi connectivity index (χ0v) is 9.84. The van der Waals surface area contributed by atoms with Gasteiger partial charge in [0.1, 0.15) is 5.75 Å². The van der Waals surface area contributed by atoms with Crippen molar-refractivity contribution in [3.63, 3.8) is 0 Å². The minimum absolute atomic E-state index is 0.0868. The number of hydrogen-bond donors (Lipinski definition) is 2. The molecule has 4 nitrogen and oxygen atoms in total. The Morgan fingerprint density at radius 1 is 1.11 bits per heavy atom. The van der Waals surface area contributed by atoms with Gasteiger partial charge in [-0.15, -0.1) is 0 Å². The maximum Gasteiger partial charge on any atom is 0.331 e. The lowest BCUT2D eigenvalue weighted by atomic mass is 10.2. The first-order valence-corrected chi connectivity index (χ1v) is 5.67. The van der Waals surface area contributed by atoms with Gasteiger partial charge >= 0.3 is 5.69 Å². The number of para-hydroxylation sites is 3. The van der Waals surface area contributed by atoms with Crippen LogP contribution in [0.2, 0.25) is 0 Å². The number of nitrogens with one attached hydrogen (secondary N) is 1. The number of rotatable bonds is 1. The topological polar surface area (TPSA) is 58.0 Å². The van der Waals surface area contributed by atoms with Crippen molar-refractivity contribution >= 4 is 11.0 Å². The van der Waals surface area contributed by atoms with Crippen molar-refractivity contribution in [1.82, 2.24) is 9.55 Å². The summed E-state index contributed by atoms with van der Waals surface area (Å²) in [6.07, 6.45) is 0. The average Bonchev–Trinajstić information content (AvgIpc) is 2.68. The molecule has 0 aliphatic heterocycles. The maximum absolute atomic E-state index is 12.0. The minimum Gasteiger partial charge on any atom is -0.506 e. The van der Waals surface area contributed by atoms with Crippen LogP contribution >= 0.6 is 0 Å². The third-order valence-corrected chi connectivity index (χ3v) is 3.03. The first-order valence-electron chi connectivity index (χ1n) is 5.67. The van der Waals surface area contributed by atoms with Crippen LogP contribution in [-0.4, -0.2) is 14.7 Å². The van der Waals surface area contributed by atoms with Crippen LogP contribution < -0.4 is 5.69 Å². The molecule has 0 aliphatic rings. The second kappa shape index (κ2) is 3.77. The van der Waals surface area contributed by atoms with Crippen molar-refractivity contribution in [3.8, 4) is 11.4 Å². The summed E-state index contributed by atoms with van der Waals surface area (Å²) in [6, 6.07) is 12.5. The van der Waals surface area contributed by atoms with Crippen LogP contribution in [0.3, 0.4) is 0 Å². The van der Waals surface area contributed by atoms with Crippen molar-refractivity contribution in [1.29, 1.82) is 0 Å². The van der Waals surface area contributed by atoms with Gasteiger partial charge in [-0.25, -0.2) is 4.79 Å². The molecule has 2 N–H and O–H groups in total. The number of aromatic hydroxyl groups is 1. The first kappa shape index (κ1) is 10.7. The summed E-state index contributed by atoms with van der Waals surface area (Å²) >= 11 is 0. The van der Waals surface area contributed by atoms with E-state index in [-0.39, 0.29) is 11.4 Å². The molecule has 1 aromatic heterocycles. The van der Waals surface area contributed by atoms with Crippen molar-refractivity contribution in [3.05, 3.63) is 58.5 Å². The molecule has 3 aromatic rings. The molecule has 0 unspecified atom stereocenters. The maximum atomic E-state index is 12.0. The normalized spacial score (nSPS) is 10.9. The third-order valence-electron chi connectivity index (χ3n) is 3.03. The average molecular weight is 240 g/mol. The second-order valence-electron chi connectivity index (χ2n) is 4.23. The second-order valence-corrected chi connectivity index (χ2v) is 4.23. The van der Waals surface area contributed by atoms with Gasteiger partial charge in [0.05, 0.1) is 16.7 Å². The van der Waals surface area contributed by atoms with Crippen molar-refractivity contribution in [2.75, 3.05) is 0 Å². The predicted octanol–water partition coefficient (Wildman–Crippen LogP) is 2.33. The first-order chi connectivity index (χ1) is 8.68. The van der Waals surface area contributed by atoms with Gasteiger partial charge in [0, 0.05) is 0 Å². The van der Waals surface area contributed by atoms with E-state index in [0.717, 1.165) is 16.6 Å². The largest absolute Gasteiger partial charge is 0.506 e. The van der Waals surface area contributed by atoms with Crippen LogP contribution in [0.4, 0.5) is 0 Å². The number of hydrogen-bond acceptors (Lipinski definition) is 2. The number of aromatic amines is 1. The van der Waals surface area contributed by atoms with E-state index in [4.69, 9.17) is 0 Å². The Balaban J connectivity index is 2.47. The van der Waals surface area contributed by atoms with E-state index in [1.807, 2.05) is 25.1 Å². The number of aryl methyl sites for hydroxylation is 1. The molecule has 3 rings (SSSR count). The Labute approximate surface area is 103 Å². The lowest BCUT2D eigenvalue weighted by Gasteiger charge is -2.07. The summed E-state index contributed by atoms with van der Waals surface area (Å²) in [7, 11) is 0. The molecule has 2 aromatic carbocycles. The Morgan fingerprint density at radius 3 is 2.67 bits per heavy atom. The highest BCUT2D eigenvalue weighted by Crippen LogP contribution is 2.24.